The van der Waals surface area contributed by atoms with Crippen molar-refractivity contribution < 1.29 is 4.74 Å². The van der Waals surface area contributed by atoms with Crippen LogP contribution in [0.2, 0.25) is 0 Å². The SMILES string of the molecule is COCCC1(C#N)CC1. The highest BCUT2D eigenvalue weighted by molar-refractivity contribution is 5.09. The molecule has 0 atom stereocenters. The summed E-state index contributed by atoms with van der Waals surface area (Å²) < 4.78 is 4.87. The molecule has 0 amide bonds. The molecule has 0 bridgehead atoms. The third-order valence-electron chi connectivity index (χ3n) is 1.88. The van der Waals surface area contributed by atoms with Crippen LogP contribution in [0.5, 0.6) is 0 Å². The maximum absolute atomic E-state index is 8.58. The Morgan fingerprint density at radius 3 is 2.67 bits per heavy atom. The number of nitriles is 1. The van der Waals surface area contributed by atoms with Crippen LogP contribution in [0.4, 0.5) is 0 Å². The van der Waals surface area contributed by atoms with E-state index in [-0.39, 0.29) is 5.41 Å². The van der Waals surface area contributed by atoms with Gasteiger partial charge >= 0.3 is 0 Å². The summed E-state index contributed by atoms with van der Waals surface area (Å²) in [6.07, 6.45) is 3.07. The van der Waals surface area contributed by atoms with Crippen molar-refractivity contribution in [3.05, 3.63) is 0 Å². The normalized spacial score (nSPS) is 20.9. The topological polar surface area (TPSA) is 33.0 Å². The van der Waals surface area contributed by atoms with E-state index in [4.69, 9.17) is 10.00 Å². The van der Waals surface area contributed by atoms with E-state index in [1.807, 2.05) is 0 Å². The van der Waals surface area contributed by atoms with Crippen LogP contribution >= 0.6 is 0 Å². The third kappa shape index (κ3) is 1.43. The molecule has 1 aliphatic carbocycles. The summed E-state index contributed by atoms with van der Waals surface area (Å²) >= 11 is 0. The molecule has 9 heavy (non-hydrogen) atoms. The molecule has 0 aromatic carbocycles. The molecule has 0 radical (unpaired) electrons. The molecule has 50 valence electrons. The summed E-state index contributed by atoms with van der Waals surface area (Å²) in [6.45, 7) is 0.730. The van der Waals surface area contributed by atoms with Gasteiger partial charge in [-0.1, -0.05) is 0 Å². The van der Waals surface area contributed by atoms with Gasteiger partial charge in [0.15, 0.2) is 0 Å². The van der Waals surface area contributed by atoms with Crippen molar-refractivity contribution in [1.29, 1.82) is 5.26 Å². The fourth-order valence-electron chi connectivity index (χ4n) is 0.866. The first-order chi connectivity index (χ1) is 4.33. The predicted octanol–water partition coefficient (Wildman–Crippen LogP) is 1.33. The second-order valence-corrected chi connectivity index (χ2v) is 2.63. The number of nitrogens with zero attached hydrogens (tertiary/aromatic N) is 1. The van der Waals surface area contributed by atoms with E-state index in [0.29, 0.717) is 0 Å². The van der Waals surface area contributed by atoms with Gasteiger partial charge < -0.3 is 4.74 Å². The Bertz CT molecular complexity index is 132. The molecule has 0 saturated heterocycles. The Balaban J connectivity index is 2.20. The third-order valence-corrected chi connectivity index (χ3v) is 1.88. The highest BCUT2D eigenvalue weighted by Gasteiger charge is 2.42. The molecule has 0 unspecified atom stereocenters. The van der Waals surface area contributed by atoms with E-state index in [1.54, 1.807) is 7.11 Å². The van der Waals surface area contributed by atoms with Crippen molar-refractivity contribution in [2.75, 3.05) is 13.7 Å². The Morgan fingerprint density at radius 1 is 1.67 bits per heavy atom. The molecule has 0 aromatic heterocycles. The van der Waals surface area contributed by atoms with Gasteiger partial charge in [0.05, 0.1) is 11.5 Å². The lowest BCUT2D eigenvalue weighted by atomic mass is 10.1. The maximum Gasteiger partial charge on any atom is 0.0690 e. The van der Waals surface area contributed by atoms with E-state index in [9.17, 15) is 0 Å². The lowest BCUT2D eigenvalue weighted by molar-refractivity contribution is 0.182. The molecule has 0 N–H and O–H groups in total. The quantitative estimate of drug-likeness (QED) is 0.570. The van der Waals surface area contributed by atoms with Crippen molar-refractivity contribution >= 4 is 0 Å². The first kappa shape index (κ1) is 6.57. The van der Waals surface area contributed by atoms with Crippen LogP contribution < -0.4 is 0 Å². The van der Waals surface area contributed by atoms with Gasteiger partial charge in [-0.15, -0.1) is 0 Å². The molecule has 1 aliphatic rings. The number of hydrogen-bond acceptors (Lipinski definition) is 2. The highest BCUT2D eigenvalue weighted by atomic mass is 16.5. The summed E-state index contributed by atoms with van der Waals surface area (Å²) in [5.41, 5.74) is 0.0238. The summed E-state index contributed by atoms with van der Waals surface area (Å²) in [7, 11) is 1.67. The Kier molecular flexibility index (Phi) is 1.73. The summed E-state index contributed by atoms with van der Waals surface area (Å²) in [5, 5.41) is 8.58. The van der Waals surface area contributed by atoms with Crippen LogP contribution in [-0.2, 0) is 4.74 Å². The van der Waals surface area contributed by atoms with Crippen LogP contribution in [0, 0.1) is 16.7 Å². The van der Waals surface area contributed by atoms with Gasteiger partial charge in [-0.05, 0) is 19.3 Å². The zero-order chi connectivity index (χ0) is 6.74. The van der Waals surface area contributed by atoms with E-state index in [0.717, 1.165) is 25.9 Å². The highest BCUT2D eigenvalue weighted by Crippen LogP contribution is 2.47. The van der Waals surface area contributed by atoms with Gasteiger partial charge in [-0.25, -0.2) is 0 Å². The second-order valence-electron chi connectivity index (χ2n) is 2.63. The monoisotopic (exact) mass is 125 g/mol. The van der Waals surface area contributed by atoms with Gasteiger partial charge in [0.2, 0.25) is 0 Å². The minimum Gasteiger partial charge on any atom is -0.385 e. The number of hydrogen-bond donors (Lipinski definition) is 0. The van der Waals surface area contributed by atoms with Gasteiger partial charge in [0.25, 0.3) is 0 Å². The van der Waals surface area contributed by atoms with Crippen molar-refractivity contribution in [3.63, 3.8) is 0 Å². The van der Waals surface area contributed by atoms with Crippen molar-refractivity contribution in [3.8, 4) is 6.07 Å². The molecule has 1 rings (SSSR count). The standard InChI is InChI=1S/C7H11NO/c1-9-5-4-7(6-8)2-3-7/h2-5H2,1H3. The van der Waals surface area contributed by atoms with Gasteiger partial charge in [0.1, 0.15) is 0 Å². The molecule has 2 heteroatoms. The number of rotatable bonds is 3. The molecule has 0 heterocycles. The largest absolute Gasteiger partial charge is 0.385 e. The first-order valence-electron chi connectivity index (χ1n) is 3.23. The summed E-state index contributed by atoms with van der Waals surface area (Å²) in [5.74, 6) is 0. The van der Waals surface area contributed by atoms with E-state index in [2.05, 4.69) is 6.07 Å². The maximum atomic E-state index is 8.58. The Hall–Kier alpha value is -0.550. The minimum atomic E-state index is 0.0238. The fourth-order valence-corrected chi connectivity index (χ4v) is 0.866. The average molecular weight is 125 g/mol. The van der Waals surface area contributed by atoms with Crippen LogP contribution in [0.25, 0.3) is 0 Å². The lowest BCUT2D eigenvalue weighted by Gasteiger charge is -2.01. The second kappa shape index (κ2) is 2.36. The molecule has 1 fully saturated rings. The van der Waals surface area contributed by atoms with E-state index >= 15 is 0 Å². The van der Waals surface area contributed by atoms with Gasteiger partial charge in [-0.3, -0.25) is 0 Å². The fraction of sp³-hybridized carbons (Fsp3) is 0.857. The summed E-state index contributed by atoms with van der Waals surface area (Å²) in [4.78, 5) is 0. The Morgan fingerprint density at radius 2 is 2.33 bits per heavy atom. The lowest BCUT2D eigenvalue weighted by Crippen LogP contribution is -2.00. The average Bonchev–Trinajstić information content (AvgIpc) is 2.65. The predicted molar refractivity (Wildman–Crippen MR) is 33.8 cm³/mol. The minimum absolute atomic E-state index is 0.0238. The van der Waals surface area contributed by atoms with E-state index < -0.39 is 0 Å². The van der Waals surface area contributed by atoms with Crippen molar-refractivity contribution in [2.24, 2.45) is 5.41 Å². The molecule has 1 saturated carbocycles. The molecule has 0 aliphatic heterocycles. The van der Waals surface area contributed by atoms with Gasteiger partial charge in [0, 0.05) is 13.7 Å². The molecule has 2 nitrogen and oxygen atoms in total. The molecule has 0 spiro atoms. The van der Waals surface area contributed by atoms with Gasteiger partial charge in [-0.2, -0.15) is 5.26 Å². The zero-order valence-corrected chi connectivity index (χ0v) is 5.68. The Labute approximate surface area is 55.4 Å². The molecular formula is C7H11NO. The van der Waals surface area contributed by atoms with Crippen LogP contribution in [-0.4, -0.2) is 13.7 Å². The summed E-state index contributed by atoms with van der Waals surface area (Å²) in [6, 6.07) is 2.31. The smallest absolute Gasteiger partial charge is 0.0690 e. The van der Waals surface area contributed by atoms with Crippen molar-refractivity contribution in [2.45, 2.75) is 19.3 Å². The van der Waals surface area contributed by atoms with Crippen LogP contribution in [0.1, 0.15) is 19.3 Å². The van der Waals surface area contributed by atoms with E-state index in [1.165, 1.54) is 0 Å². The van der Waals surface area contributed by atoms with Crippen LogP contribution in [0.3, 0.4) is 0 Å². The van der Waals surface area contributed by atoms with Crippen molar-refractivity contribution in [1.82, 2.24) is 0 Å². The first-order valence-corrected chi connectivity index (χ1v) is 3.23. The zero-order valence-electron chi connectivity index (χ0n) is 5.68. The number of methoxy groups -OCH3 is 1. The van der Waals surface area contributed by atoms with Crippen LogP contribution in [0.15, 0.2) is 0 Å². The molecule has 0 aromatic rings. The molecular weight excluding hydrogens is 114 g/mol. The number of ether oxygens (including phenoxy) is 1.